The van der Waals surface area contributed by atoms with Crippen molar-refractivity contribution in [3.63, 3.8) is 0 Å². The summed E-state index contributed by atoms with van der Waals surface area (Å²) in [6.45, 7) is 7.52. The molecule has 0 amide bonds. The Hall–Kier alpha value is -0.200. The van der Waals surface area contributed by atoms with Gasteiger partial charge in [0.15, 0.2) is 0 Å². The molecule has 0 saturated heterocycles. The summed E-state index contributed by atoms with van der Waals surface area (Å²) in [6, 6.07) is 0. The van der Waals surface area contributed by atoms with Crippen LogP contribution in [0.1, 0.15) is 33.6 Å². The van der Waals surface area contributed by atoms with Gasteiger partial charge in [0.25, 0.3) is 0 Å². The summed E-state index contributed by atoms with van der Waals surface area (Å²) in [5.74, 6) is 0. The van der Waals surface area contributed by atoms with E-state index in [9.17, 15) is 0 Å². The molecule has 10 heavy (non-hydrogen) atoms. The number of aliphatic imine (C=N–C) groups is 1. The molecule has 0 radical (unpaired) electrons. The minimum atomic E-state index is 0.428. The SMILES string of the molecule is CC(C)(C)CCCN=C=S. The molecule has 0 aromatic carbocycles. The van der Waals surface area contributed by atoms with Gasteiger partial charge in [-0.05, 0) is 30.5 Å². The second kappa shape index (κ2) is 4.59. The van der Waals surface area contributed by atoms with Gasteiger partial charge in [-0.3, -0.25) is 0 Å². The molecule has 1 nitrogen and oxygen atoms in total. The van der Waals surface area contributed by atoms with E-state index in [1.807, 2.05) is 0 Å². The zero-order valence-electron chi connectivity index (χ0n) is 6.98. The third kappa shape index (κ3) is 7.80. The van der Waals surface area contributed by atoms with E-state index in [1.54, 1.807) is 0 Å². The first-order valence-corrected chi connectivity index (χ1v) is 4.01. The van der Waals surface area contributed by atoms with E-state index in [2.05, 4.69) is 43.1 Å². The smallest absolute Gasteiger partial charge is 0.0584 e. The molecular weight excluding hydrogens is 142 g/mol. The molecule has 0 N–H and O–H groups in total. The maximum Gasteiger partial charge on any atom is 0.0584 e. The number of rotatable bonds is 3. The fourth-order valence-electron chi connectivity index (χ4n) is 0.734. The van der Waals surface area contributed by atoms with E-state index < -0.39 is 0 Å². The second-order valence-corrected chi connectivity index (χ2v) is 3.82. The van der Waals surface area contributed by atoms with Crippen LogP contribution in [0.5, 0.6) is 0 Å². The Morgan fingerprint density at radius 2 is 2.00 bits per heavy atom. The van der Waals surface area contributed by atoms with Gasteiger partial charge in [-0.2, -0.15) is 0 Å². The van der Waals surface area contributed by atoms with Crippen LogP contribution in [0.4, 0.5) is 0 Å². The van der Waals surface area contributed by atoms with Crippen LogP contribution in [0, 0.1) is 5.41 Å². The van der Waals surface area contributed by atoms with Gasteiger partial charge in [0.05, 0.1) is 5.16 Å². The zero-order valence-corrected chi connectivity index (χ0v) is 7.79. The highest BCUT2D eigenvalue weighted by Gasteiger charge is 2.07. The maximum atomic E-state index is 4.44. The minimum Gasteiger partial charge on any atom is -0.233 e. The van der Waals surface area contributed by atoms with Gasteiger partial charge in [0, 0.05) is 6.54 Å². The molecule has 0 aliphatic rings. The summed E-state index contributed by atoms with van der Waals surface area (Å²) in [6.07, 6.45) is 2.32. The van der Waals surface area contributed by atoms with Crippen molar-refractivity contribution in [3.8, 4) is 0 Å². The van der Waals surface area contributed by atoms with Gasteiger partial charge in [0.1, 0.15) is 0 Å². The predicted octanol–water partition coefficient (Wildman–Crippen LogP) is 2.92. The summed E-state index contributed by atoms with van der Waals surface area (Å²) >= 11 is 4.44. The van der Waals surface area contributed by atoms with E-state index in [0.29, 0.717) is 5.41 Å². The van der Waals surface area contributed by atoms with E-state index >= 15 is 0 Å². The Kier molecular flexibility index (Phi) is 4.50. The average Bonchev–Trinajstić information content (AvgIpc) is 1.78. The molecule has 0 rings (SSSR count). The number of nitrogens with zero attached hydrogens (tertiary/aromatic N) is 1. The lowest BCUT2D eigenvalue weighted by Crippen LogP contribution is -2.04. The Balaban J connectivity index is 3.28. The molecule has 58 valence electrons. The molecule has 0 aliphatic heterocycles. The van der Waals surface area contributed by atoms with Crippen molar-refractivity contribution in [1.82, 2.24) is 0 Å². The first-order valence-electron chi connectivity index (χ1n) is 3.60. The van der Waals surface area contributed by atoms with Crippen molar-refractivity contribution in [1.29, 1.82) is 0 Å². The van der Waals surface area contributed by atoms with Crippen LogP contribution in [-0.2, 0) is 0 Å². The van der Waals surface area contributed by atoms with Gasteiger partial charge < -0.3 is 0 Å². The molecule has 0 aromatic rings. The summed E-state index contributed by atoms with van der Waals surface area (Å²) in [7, 11) is 0. The predicted molar refractivity (Wildman–Crippen MR) is 48.6 cm³/mol. The van der Waals surface area contributed by atoms with Crippen molar-refractivity contribution >= 4 is 17.4 Å². The van der Waals surface area contributed by atoms with Gasteiger partial charge in [0.2, 0.25) is 0 Å². The molecule has 0 fully saturated rings. The fourth-order valence-corrected chi connectivity index (χ4v) is 0.825. The Bertz CT molecular complexity index is 129. The van der Waals surface area contributed by atoms with Crippen LogP contribution >= 0.6 is 12.2 Å². The van der Waals surface area contributed by atoms with E-state index in [4.69, 9.17) is 0 Å². The lowest BCUT2D eigenvalue weighted by atomic mass is 9.91. The van der Waals surface area contributed by atoms with Crippen molar-refractivity contribution in [2.45, 2.75) is 33.6 Å². The van der Waals surface area contributed by atoms with Gasteiger partial charge in [-0.15, -0.1) is 0 Å². The van der Waals surface area contributed by atoms with Crippen molar-refractivity contribution < 1.29 is 0 Å². The number of isothiocyanates is 1. The number of hydrogen-bond acceptors (Lipinski definition) is 2. The van der Waals surface area contributed by atoms with Crippen LogP contribution in [0.25, 0.3) is 0 Å². The Morgan fingerprint density at radius 1 is 1.40 bits per heavy atom. The van der Waals surface area contributed by atoms with E-state index in [0.717, 1.165) is 13.0 Å². The molecule has 0 saturated carbocycles. The van der Waals surface area contributed by atoms with Crippen LogP contribution in [0.15, 0.2) is 4.99 Å². The minimum absolute atomic E-state index is 0.428. The molecular formula is C8H15NS. The Labute approximate surface area is 68.5 Å². The molecule has 0 aromatic heterocycles. The van der Waals surface area contributed by atoms with Crippen LogP contribution in [0.2, 0.25) is 0 Å². The quantitative estimate of drug-likeness (QED) is 0.348. The van der Waals surface area contributed by atoms with Crippen LogP contribution in [-0.4, -0.2) is 11.7 Å². The lowest BCUT2D eigenvalue weighted by Gasteiger charge is -2.16. The van der Waals surface area contributed by atoms with Gasteiger partial charge >= 0.3 is 0 Å². The van der Waals surface area contributed by atoms with Crippen molar-refractivity contribution in [3.05, 3.63) is 0 Å². The summed E-state index contributed by atoms with van der Waals surface area (Å²) in [4.78, 5) is 3.84. The molecule has 2 heteroatoms. The van der Waals surface area contributed by atoms with E-state index in [-0.39, 0.29) is 0 Å². The molecule has 0 unspecified atom stereocenters. The van der Waals surface area contributed by atoms with Crippen molar-refractivity contribution in [2.75, 3.05) is 6.54 Å². The lowest BCUT2D eigenvalue weighted by molar-refractivity contribution is 0.368. The number of hydrogen-bond donors (Lipinski definition) is 0. The van der Waals surface area contributed by atoms with Gasteiger partial charge in [-0.25, -0.2) is 4.99 Å². The second-order valence-electron chi connectivity index (χ2n) is 3.64. The van der Waals surface area contributed by atoms with Crippen LogP contribution < -0.4 is 0 Å². The average molecular weight is 157 g/mol. The highest BCUT2D eigenvalue weighted by atomic mass is 32.1. The summed E-state index contributed by atoms with van der Waals surface area (Å²) in [5, 5.41) is 2.36. The largest absolute Gasteiger partial charge is 0.233 e. The third-order valence-corrected chi connectivity index (χ3v) is 1.39. The highest BCUT2D eigenvalue weighted by molar-refractivity contribution is 7.78. The van der Waals surface area contributed by atoms with E-state index in [1.165, 1.54) is 6.42 Å². The molecule has 0 atom stereocenters. The van der Waals surface area contributed by atoms with Gasteiger partial charge in [-0.1, -0.05) is 20.8 Å². The first kappa shape index (κ1) is 9.80. The zero-order chi connectivity index (χ0) is 8.04. The Morgan fingerprint density at radius 3 is 2.40 bits per heavy atom. The molecule has 0 bridgehead atoms. The molecule has 0 aliphatic carbocycles. The molecule has 0 heterocycles. The van der Waals surface area contributed by atoms with Crippen molar-refractivity contribution in [2.24, 2.45) is 10.4 Å². The fraction of sp³-hybridized carbons (Fsp3) is 0.875. The normalized spacial score (nSPS) is 10.7. The standard InChI is InChI=1S/C8H15NS/c1-8(2,3)5-4-6-9-7-10/h4-6H2,1-3H3. The summed E-state index contributed by atoms with van der Waals surface area (Å²) in [5.41, 5.74) is 0.428. The first-order chi connectivity index (χ1) is 4.56. The summed E-state index contributed by atoms with van der Waals surface area (Å²) < 4.78 is 0. The highest BCUT2D eigenvalue weighted by Crippen LogP contribution is 2.19. The monoisotopic (exact) mass is 157 g/mol. The maximum absolute atomic E-state index is 4.44. The van der Waals surface area contributed by atoms with Crippen LogP contribution in [0.3, 0.4) is 0 Å². The number of thiocarbonyl (C=S) groups is 1. The topological polar surface area (TPSA) is 12.4 Å². The molecule has 0 spiro atoms. The third-order valence-electron chi connectivity index (χ3n) is 1.26.